The Kier molecular flexibility index (Phi) is 4.10. The number of carboxylic acids is 1. The van der Waals surface area contributed by atoms with Crippen molar-refractivity contribution in [2.24, 2.45) is 0 Å². The van der Waals surface area contributed by atoms with Gasteiger partial charge in [0.1, 0.15) is 0 Å². The molecule has 76 valence electrons. The normalized spacial score (nSPS) is 10.1. The van der Waals surface area contributed by atoms with E-state index in [0.717, 1.165) is 4.90 Å². The highest BCUT2D eigenvalue weighted by Gasteiger charge is 2.05. The van der Waals surface area contributed by atoms with Crippen molar-refractivity contribution in [2.75, 3.05) is 11.5 Å². The molecule has 1 rings (SSSR count). The molecule has 3 nitrogen and oxygen atoms in total. The van der Waals surface area contributed by atoms with Gasteiger partial charge in [-0.15, -0.1) is 11.8 Å². The molecule has 0 spiro atoms. The average Bonchev–Trinajstić information content (AvgIpc) is 2.09. The zero-order valence-corrected chi connectivity index (χ0v) is 8.94. The smallest absolute Gasteiger partial charge is 0.304 e. The van der Waals surface area contributed by atoms with Gasteiger partial charge >= 0.3 is 5.97 Å². The van der Waals surface area contributed by atoms with Crippen molar-refractivity contribution in [3.63, 3.8) is 0 Å². The summed E-state index contributed by atoms with van der Waals surface area (Å²) >= 11 is 7.26. The number of carboxylic acid groups (broad SMARTS) is 1. The quantitative estimate of drug-likeness (QED) is 0.617. The van der Waals surface area contributed by atoms with Crippen molar-refractivity contribution in [1.29, 1.82) is 0 Å². The molecule has 5 heteroatoms. The van der Waals surface area contributed by atoms with Gasteiger partial charge in [0.2, 0.25) is 0 Å². The first kappa shape index (κ1) is 11.2. The van der Waals surface area contributed by atoms with Gasteiger partial charge in [-0.3, -0.25) is 4.79 Å². The van der Waals surface area contributed by atoms with E-state index in [9.17, 15) is 4.79 Å². The van der Waals surface area contributed by atoms with Crippen molar-refractivity contribution < 1.29 is 9.90 Å². The van der Waals surface area contributed by atoms with E-state index >= 15 is 0 Å². The minimum Gasteiger partial charge on any atom is -0.481 e. The third kappa shape index (κ3) is 3.12. The molecule has 0 aliphatic rings. The average molecular weight is 232 g/mol. The fourth-order valence-electron chi connectivity index (χ4n) is 0.918. The Bertz CT molecular complexity index is 323. The first-order valence-electron chi connectivity index (χ1n) is 4.00. The number of nitrogen functional groups attached to an aromatic ring is 1. The lowest BCUT2D eigenvalue weighted by Gasteiger charge is -2.05. The zero-order valence-electron chi connectivity index (χ0n) is 7.37. The molecule has 0 heterocycles. The molecule has 3 N–H and O–H groups in total. The number of nitrogens with two attached hydrogens (primary N) is 1. The molecule has 0 aromatic heterocycles. The van der Waals surface area contributed by atoms with Crippen LogP contribution in [0.15, 0.2) is 23.1 Å². The molecule has 0 amide bonds. The van der Waals surface area contributed by atoms with Crippen LogP contribution in [0.5, 0.6) is 0 Å². The maximum Gasteiger partial charge on any atom is 0.304 e. The van der Waals surface area contributed by atoms with Crippen LogP contribution in [-0.2, 0) is 4.79 Å². The van der Waals surface area contributed by atoms with Crippen LogP contribution < -0.4 is 5.73 Å². The molecule has 14 heavy (non-hydrogen) atoms. The van der Waals surface area contributed by atoms with E-state index in [1.54, 1.807) is 18.2 Å². The van der Waals surface area contributed by atoms with Crippen LogP contribution in [0, 0.1) is 0 Å². The number of benzene rings is 1. The van der Waals surface area contributed by atoms with Crippen LogP contribution in [-0.4, -0.2) is 16.8 Å². The first-order chi connectivity index (χ1) is 6.61. The van der Waals surface area contributed by atoms with Crippen molar-refractivity contribution in [3.05, 3.63) is 23.2 Å². The van der Waals surface area contributed by atoms with E-state index in [2.05, 4.69) is 0 Å². The van der Waals surface area contributed by atoms with E-state index in [4.69, 9.17) is 22.4 Å². The van der Waals surface area contributed by atoms with E-state index in [1.807, 2.05) is 0 Å². The number of anilines is 1. The Morgan fingerprint density at radius 2 is 2.29 bits per heavy atom. The third-order valence-corrected chi connectivity index (χ3v) is 3.14. The molecular formula is C9H10ClNO2S. The van der Waals surface area contributed by atoms with Crippen molar-refractivity contribution in [1.82, 2.24) is 0 Å². The van der Waals surface area contributed by atoms with Gasteiger partial charge < -0.3 is 10.8 Å². The summed E-state index contributed by atoms with van der Waals surface area (Å²) in [5.74, 6) is -0.341. The lowest BCUT2D eigenvalue weighted by molar-refractivity contribution is -0.136. The monoisotopic (exact) mass is 231 g/mol. The molecular weight excluding hydrogens is 222 g/mol. The molecule has 0 atom stereocenters. The number of hydrogen-bond donors (Lipinski definition) is 2. The van der Waals surface area contributed by atoms with Crippen LogP contribution >= 0.6 is 23.4 Å². The molecule has 0 bridgehead atoms. The summed E-state index contributed by atoms with van der Waals surface area (Å²) in [4.78, 5) is 11.0. The second-order valence-electron chi connectivity index (χ2n) is 2.65. The summed E-state index contributed by atoms with van der Waals surface area (Å²) < 4.78 is 0. The van der Waals surface area contributed by atoms with E-state index in [1.165, 1.54) is 11.8 Å². The maximum absolute atomic E-state index is 10.3. The minimum absolute atomic E-state index is 0.106. The van der Waals surface area contributed by atoms with Gasteiger partial charge in [0, 0.05) is 16.3 Å². The summed E-state index contributed by atoms with van der Waals surface area (Å²) in [5, 5.41) is 9.02. The van der Waals surface area contributed by atoms with Crippen LogP contribution in [0.1, 0.15) is 6.42 Å². The van der Waals surface area contributed by atoms with Crippen molar-refractivity contribution >= 4 is 35.0 Å². The Balaban J connectivity index is 2.62. The topological polar surface area (TPSA) is 63.3 Å². The highest BCUT2D eigenvalue weighted by atomic mass is 35.5. The zero-order chi connectivity index (χ0) is 10.6. The van der Waals surface area contributed by atoms with Gasteiger partial charge in [-0.05, 0) is 12.1 Å². The van der Waals surface area contributed by atoms with E-state index in [0.29, 0.717) is 16.5 Å². The Morgan fingerprint density at radius 1 is 1.57 bits per heavy atom. The van der Waals surface area contributed by atoms with Crippen molar-refractivity contribution in [3.8, 4) is 0 Å². The SMILES string of the molecule is Nc1cccc(Cl)c1SCCC(=O)O. The Hall–Kier alpha value is -0.870. The molecule has 0 aliphatic heterocycles. The molecule has 0 saturated heterocycles. The molecule has 1 aromatic carbocycles. The largest absolute Gasteiger partial charge is 0.481 e. The Morgan fingerprint density at radius 3 is 2.86 bits per heavy atom. The predicted molar refractivity (Wildman–Crippen MR) is 58.8 cm³/mol. The lowest BCUT2D eigenvalue weighted by atomic mass is 10.3. The fourth-order valence-corrected chi connectivity index (χ4v) is 2.19. The van der Waals surface area contributed by atoms with Gasteiger partial charge in [0.15, 0.2) is 0 Å². The highest BCUT2D eigenvalue weighted by Crippen LogP contribution is 2.32. The summed E-state index contributed by atoms with van der Waals surface area (Å²) in [5.41, 5.74) is 6.28. The Labute approximate surface area is 91.2 Å². The van der Waals surface area contributed by atoms with Gasteiger partial charge in [-0.1, -0.05) is 17.7 Å². The number of thioether (sulfide) groups is 1. The maximum atomic E-state index is 10.3. The second kappa shape index (κ2) is 5.12. The van der Waals surface area contributed by atoms with Crippen LogP contribution in [0.3, 0.4) is 0 Å². The second-order valence-corrected chi connectivity index (χ2v) is 4.16. The lowest BCUT2D eigenvalue weighted by Crippen LogP contribution is -1.97. The molecule has 0 radical (unpaired) electrons. The fraction of sp³-hybridized carbons (Fsp3) is 0.222. The number of carbonyl (C=O) groups is 1. The molecule has 0 saturated carbocycles. The number of halogens is 1. The van der Waals surface area contributed by atoms with Gasteiger partial charge in [-0.2, -0.15) is 0 Å². The summed E-state index contributed by atoms with van der Waals surface area (Å²) in [6.45, 7) is 0. The van der Waals surface area contributed by atoms with Gasteiger partial charge in [0.05, 0.1) is 11.4 Å². The summed E-state index contributed by atoms with van der Waals surface area (Å²) in [6, 6.07) is 5.24. The highest BCUT2D eigenvalue weighted by molar-refractivity contribution is 7.99. The third-order valence-electron chi connectivity index (χ3n) is 1.56. The minimum atomic E-state index is -0.817. The standard InChI is InChI=1S/C9H10ClNO2S/c10-6-2-1-3-7(11)9(6)14-5-4-8(12)13/h1-3H,4-5,11H2,(H,12,13). The predicted octanol–water partition coefficient (Wildman–Crippen LogP) is 2.49. The van der Waals surface area contributed by atoms with Crippen molar-refractivity contribution in [2.45, 2.75) is 11.3 Å². The molecule has 0 fully saturated rings. The molecule has 1 aromatic rings. The number of hydrogen-bond acceptors (Lipinski definition) is 3. The van der Waals surface area contributed by atoms with Crippen LogP contribution in [0.4, 0.5) is 5.69 Å². The molecule has 0 aliphatic carbocycles. The van der Waals surface area contributed by atoms with E-state index in [-0.39, 0.29) is 6.42 Å². The molecule has 0 unspecified atom stereocenters. The van der Waals surface area contributed by atoms with E-state index < -0.39 is 5.97 Å². The van der Waals surface area contributed by atoms with Gasteiger partial charge in [0.25, 0.3) is 0 Å². The van der Waals surface area contributed by atoms with Crippen LogP contribution in [0.2, 0.25) is 5.02 Å². The van der Waals surface area contributed by atoms with Crippen LogP contribution in [0.25, 0.3) is 0 Å². The number of aliphatic carboxylic acids is 1. The summed E-state index contributed by atoms with van der Waals surface area (Å²) in [7, 11) is 0. The van der Waals surface area contributed by atoms with Gasteiger partial charge in [-0.25, -0.2) is 0 Å². The number of rotatable bonds is 4. The first-order valence-corrected chi connectivity index (χ1v) is 5.36. The summed E-state index contributed by atoms with van der Waals surface area (Å²) in [6.07, 6.45) is 0.106.